The minimum absolute atomic E-state index is 0.253. The third kappa shape index (κ3) is 2.94. The van der Waals surface area contributed by atoms with Crippen LogP contribution < -0.4 is 0 Å². The number of carbonyl (C=O) groups is 1. The fourth-order valence-corrected chi connectivity index (χ4v) is 4.84. The molecule has 1 saturated heterocycles. The summed E-state index contributed by atoms with van der Waals surface area (Å²) < 4.78 is 0. The number of nitrogens with zero attached hydrogens (tertiary/aromatic N) is 1. The number of rotatable bonds is 3. The van der Waals surface area contributed by atoms with E-state index >= 15 is 0 Å². The number of amides is 1. The highest BCUT2D eigenvalue weighted by Crippen LogP contribution is 2.49. The molecule has 4 unspecified atom stereocenters. The first kappa shape index (κ1) is 13.7. The smallest absolute Gasteiger partial charge is 0.222 e. The SMILES string of the molecule is CC(Cl)C1CCN(C(=O)CC2CC3CCC2C3)CC1. The van der Waals surface area contributed by atoms with Gasteiger partial charge in [-0.15, -0.1) is 11.6 Å². The van der Waals surface area contributed by atoms with E-state index in [4.69, 9.17) is 11.6 Å². The number of likely N-dealkylation sites (tertiary alicyclic amines) is 1. The van der Waals surface area contributed by atoms with Gasteiger partial charge in [-0.05, 0) is 62.7 Å². The molecule has 0 aromatic heterocycles. The standard InChI is InChI=1S/C16H26ClNO/c1-11(17)13-4-6-18(7-5-13)16(19)10-15-9-12-2-3-14(15)8-12/h11-15H,2-10H2,1H3. The molecule has 1 amide bonds. The fourth-order valence-electron chi connectivity index (χ4n) is 4.59. The number of halogens is 1. The molecule has 3 rings (SSSR count). The van der Waals surface area contributed by atoms with Crippen molar-refractivity contribution in [2.45, 2.75) is 57.2 Å². The highest BCUT2D eigenvalue weighted by molar-refractivity contribution is 6.20. The van der Waals surface area contributed by atoms with E-state index in [1.54, 1.807) is 0 Å². The van der Waals surface area contributed by atoms with Crippen molar-refractivity contribution in [1.82, 2.24) is 4.90 Å². The molecule has 0 radical (unpaired) electrons. The monoisotopic (exact) mass is 283 g/mol. The van der Waals surface area contributed by atoms with Gasteiger partial charge in [0.2, 0.25) is 5.91 Å². The van der Waals surface area contributed by atoms with Crippen LogP contribution in [-0.2, 0) is 4.79 Å². The average molecular weight is 284 g/mol. The number of fused-ring (bicyclic) bond motifs is 2. The summed E-state index contributed by atoms with van der Waals surface area (Å²) in [5, 5.41) is 0.253. The molecule has 2 saturated carbocycles. The van der Waals surface area contributed by atoms with Gasteiger partial charge in [0, 0.05) is 24.9 Å². The van der Waals surface area contributed by atoms with Gasteiger partial charge in [0.05, 0.1) is 0 Å². The summed E-state index contributed by atoms with van der Waals surface area (Å²) in [4.78, 5) is 14.5. The van der Waals surface area contributed by atoms with Crippen molar-refractivity contribution in [1.29, 1.82) is 0 Å². The predicted octanol–water partition coefficient (Wildman–Crippen LogP) is 3.68. The second kappa shape index (κ2) is 5.63. The molecule has 3 aliphatic rings. The number of hydrogen-bond acceptors (Lipinski definition) is 1. The Hall–Kier alpha value is -0.240. The third-order valence-corrected chi connectivity index (χ3v) is 6.22. The minimum atomic E-state index is 0.253. The van der Waals surface area contributed by atoms with Crippen LogP contribution in [0, 0.1) is 23.7 Å². The Morgan fingerprint density at radius 2 is 1.95 bits per heavy atom. The Morgan fingerprint density at radius 1 is 1.21 bits per heavy atom. The molecule has 4 atom stereocenters. The molecule has 0 N–H and O–H groups in total. The molecule has 0 spiro atoms. The molecule has 1 aliphatic heterocycles. The van der Waals surface area contributed by atoms with Gasteiger partial charge in [-0.2, -0.15) is 0 Å². The van der Waals surface area contributed by atoms with E-state index in [0.717, 1.165) is 44.2 Å². The third-order valence-electron chi connectivity index (χ3n) is 5.86. The molecule has 2 bridgehead atoms. The Bertz CT molecular complexity index is 336. The maximum absolute atomic E-state index is 12.4. The molecule has 0 aromatic rings. The minimum Gasteiger partial charge on any atom is -0.343 e. The Balaban J connectivity index is 1.46. The Kier molecular flexibility index (Phi) is 4.07. The van der Waals surface area contributed by atoms with Crippen LogP contribution in [0.4, 0.5) is 0 Å². The summed E-state index contributed by atoms with van der Waals surface area (Å²) in [6.45, 7) is 3.95. The van der Waals surface area contributed by atoms with Crippen LogP contribution in [0.3, 0.4) is 0 Å². The molecule has 2 nitrogen and oxygen atoms in total. The van der Waals surface area contributed by atoms with Gasteiger partial charge in [-0.1, -0.05) is 6.42 Å². The van der Waals surface area contributed by atoms with Crippen molar-refractivity contribution in [3.63, 3.8) is 0 Å². The lowest BCUT2D eigenvalue weighted by molar-refractivity contribution is -0.134. The van der Waals surface area contributed by atoms with Crippen LogP contribution in [0.1, 0.15) is 51.9 Å². The number of hydrogen-bond donors (Lipinski definition) is 0. The zero-order chi connectivity index (χ0) is 13.4. The van der Waals surface area contributed by atoms with Gasteiger partial charge < -0.3 is 4.90 Å². The first-order valence-corrected chi connectivity index (χ1v) is 8.49. The average Bonchev–Trinajstić information content (AvgIpc) is 3.01. The van der Waals surface area contributed by atoms with Gasteiger partial charge in [0.15, 0.2) is 0 Å². The number of alkyl halides is 1. The molecule has 0 aromatic carbocycles. The molecule has 108 valence electrons. The molecular weight excluding hydrogens is 258 g/mol. The molecule has 3 heteroatoms. The van der Waals surface area contributed by atoms with Crippen LogP contribution in [0.5, 0.6) is 0 Å². The topological polar surface area (TPSA) is 20.3 Å². The van der Waals surface area contributed by atoms with Gasteiger partial charge >= 0.3 is 0 Å². The van der Waals surface area contributed by atoms with Crippen LogP contribution in [0.15, 0.2) is 0 Å². The normalized spacial score (nSPS) is 36.7. The molecule has 3 fully saturated rings. The van der Waals surface area contributed by atoms with E-state index in [1.807, 2.05) is 0 Å². The van der Waals surface area contributed by atoms with E-state index in [0.29, 0.717) is 17.7 Å². The zero-order valence-corrected chi connectivity index (χ0v) is 12.7. The largest absolute Gasteiger partial charge is 0.343 e. The maximum Gasteiger partial charge on any atom is 0.222 e. The van der Waals surface area contributed by atoms with Crippen LogP contribution >= 0.6 is 11.6 Å². The Labute approximate surface area is 121 Å². The fraction of sp³-hybridized carbons (Fsp3) is 0.938. The molecular formula is C16H26ClNO. The highest BCUT2D eigenvalue weighted by Gasteiger charge is 2.40. The van der Waals surface area contributed by atoms with E-state index in [9.17, 15) is 4.79 Å². The lowest BCUT2D eigenvalue weighted by Gasteiger charge is -2.34. The summed E-state index contributed by atoms with van der Waals surface area (Å²) in [5.74, 6) is 3.54. The van der Waals surface area contributed by atoms with E-state index < -0.39 is 0 Å². The molecule has 2 aliphatic carbocycles. The van der Waals surface area contributed by atoms with Crippen LogP contribution in [0.2, 0.25) is 0 Å². The molecule has 1 heterocycles. The summed E-state index contributed by atoms with van der Waals surface area (Å²) in [6, 6.07) is 0. The van der Waals surface area contributed by atoms with Gasteiger partial charge in [-0.3, -0.25) is 4.79 Å². The van der Waals surface area contributed by atoms with Gasteiger partial charge in [0.25, 0.3) is 0 Å². The second-order valence-electron chi connectivity index (χ2n) is 7.03. The van der Waals surface area contributed by atoms with E-state index in [-0.39, 0.29) is 5.38 Å². The van der Waals surface area contributed by atoms with Crippen molar-refractivity contribution in [3.8, 4) is 0 Å². The van der Waals surface area contributed by atoms with Crippen LogP contribution in [0.25, 0.3) is 0 Å². The highest BCUT2D eigenvalue weighted by atomic mass is 35.5. The summed E-state index contributed by atoms with van der Waals surface area (Å²) >= 11 is 6.16. The quantitative estimate of drug-likeness (QED) is 0.724. The van der Waals surface area contributed by atoms with Crippen molar-refractivity contribution in [2.75, 3.05) is 13.1 Å². The van der Waals surface area contributed by atoms with Crippen molar-refractivity contribution >= 4 is 17.5 Å². The van der Waals surface area contributed by atoms with Crippen molar-refractivity contribution in [2.24, 2.45) is 23.7 Å². The number of carbonyl (C=O) groups excluding carboxylic acids is 1. The van der Waals surface area contributed by atoms with Gasteiger partial charge in [0.1, 0.15) is 0 Å². The maximum atomic E-state index is 12.4. The second-order valence-corrected chi connectivity index (χ2v) is 7.72. The van der Waals surface area contributed by atoms with E-state index in [2.05, 4.69) is 11.8 Å². The lowest BCUT2D eigenvalue weighted by Crippen LogP contribution is -2.41. The van der Waals surface area contributed by atoms with Crippen molar-refractivity contribution < 1.29 is 4.79 Å². The first-order chi connectivity index (χ1) is 9.13. The van der Waals surface area contributed by atoms with Crippen LogP contribution in [-0.4, -0.2) is 29.3 Å². The van der Waals surface area contributed by atoms with E-state index in [1.165, 1.54) is 25.7 Å². The summed E-state index contributed by atoms with van der Waals surface area (Å²) in [6.07, 6.45) is 8.54. The predicted molar refractivity (Wildman–Crippen MR) is 78.2 cm³/mol. The van der Waals surface area contributed by atoms with Gasteiger partial charge in [-0.25, -0.2) is 0 Å². The summed E-state index contributed by atoms with van der Waals surface area (Å²) in [7, 11) is 0. The first-order valence-electron chi connectivity index (χ1n) is 8.05. The lowest BCUT2D eigenvalue weighted by atomic mass is 9.85. The Morgan fingerprint density at radius 3 is 2.47 bits per heavy atom. The summed E-state index contributed by atoms with van der Waals surface area (Å²) in [5.41, 5.74) is 0. The zero-order valence-electron chi connectivity index (χ0n) is 12.0. The van der Waals surface area contributed by atoms with Crippen molar-refractivity contribution in [3.05, 3.63) is 0 Å². The molecule has 19 heavy (non-hydrogen) atoms. The number of piperidine rings is 1.